The third-order valence-corrected chi connectivity index (χ3v) is 6.92. The summed E-state index contributed by atoms with van der Waals surface area (Å²) in [5.41, 5.74) is 6.37. The van der Waals surface area contributed by atoms with E-state index in [1.807, 2.05) is 0 Å². The van der Waals surface area contributed by atoms with Gasteiger partial charge in [0.2, 0.25) is 0 Å². The number of nitrogens with zero attached hydrogens (tertiary/aromatic N) is 2. The first-order chi connectivity index (χ1) is 11.9. The van der Waals surface area contributed by atoms with Gasteiger partial charge in [-0.3, -0.25) is 4.98 Å². The number of thiophene rings is 1. The molecule has 2 N–H and O–H groups in total. The number of hydrogen-bond acceptors (Lipinski definition) is 5. The highest BCUT2D eigenvalue weighted by molar-refractivity contribution is 8.02. The number of hydrogen-bond donors (Lipinski definition) is 1. The lowest BCUT2D eigenvalue weighted by Crippen LogP contribution is -2.12. The van der Waals surface area contributed by atoms with Crippen LogP contribution in [0.15, 0.2) is 34.8 Å². The third-order valence-electron chi connectivity index (χ3n) is 4.25. The van der Waals surface area contributed by atoms with Crippen LogP contribution in [0.4, 0.5) is 18.9 Å². The zero-order chi connectivity index (χ0) is 17.6. The van der Waals surface area contributed by atoms with Gasteiger partial charge < -0.3 is 5.73 Å². The number of fused-ring (bicyclic) bond motifs is 1. The predicted octanol–water partition coefficient (Wildman–Crippen LogP) is 5.60. The first-order valence-corrected chi connectivity index (χ1v) is 9.50. The first-order valence-electron chi connectivity index (χ1n) is 7.81. The number of rotatable bonds is 3. The Bertz CT molecular complexity index is 918. The van der Waals surface area contributed by atoms with Crippen LogP contribution >= 0.6 is 23.1 Å². The average Bonchev–Trinajstić information content (AvgIpc) is 2.86. The lowest BCUT2D eigenvalue weighted by atomic mass is 10.0. The van der Waals surface area contributed by atoms with E-state index in [0.29, 0.717) is 15.6 Å². The van der Waals surface area contributed by atoms with Crippen molar-refractivity contribution in [2.45, 2.75) is 34.9 Å². The summed E-state index contributed by atoms with van der Waals surface area (Å²) in [4.78, 5) is 8.73. The maximum Gasteiger partial charge on any atom is 0.417 e. The molecule has 1 fully saturated rings. The summed E-state index contributed by atoms with van der Waals surface area (Å²) < 4.78 is 41.7. The minimum absolute atomic E-state index is 0.0203. The van der Waals surface area contributed by atoms with Gasteiger partial charge >= 0.3 is 6.18 Å². The number of nitrogens with two attached hydrogens (primary N) is 1. The molecule has 0 aliphatic heterocycles. The smallest absolute Gasteiger partial charge is 0.397 e. The van der Waals surface area contributed by atoms with Gasteiger partial charge in [0.1, 0.15) is 4.83 Å². The zero-order valence-electron chi connectivity index (χ0n) is 13.0. The van der Waals surface area contributed by atoms with Gasteiger partial charge in [0.05, 0.1) is 21.2 Å². The molecule has 1 aliphatic rings. The molecule has 1 saturated carbocycles. The summed E-state index contributed by atoms with van der Waals surface area (Å²) >= 11 is 2.82. The molecule has 0 amide bonds. The Labute approximate surface area is 150 Å². The quantitative estimate of drug-likeness (QED) is 0.641. The lowest BCUT2D eigenvalue weighted by molar-refractivity contribution is -0.136. The van der Waals surface area contributed by atoms with Gasteiger partial charge in [0.25, 0.3) is 0 Å². The number of aromatic nitrogens is 2. The molecule has 0 saturated heterocycles. The van der Waals surface area contributed by atoms with Crippen LogP contribution in [0.2, 0.25) is 0 Å². The van der Waals surface area contributed by atoms with Crippen molar-refractivity contribution < 1.29 is 13.2 Å². The van der Waals surface area contributed by atoms with E-state index in [-0.39, 0.29) is 16.8 Å². The summed E-state index contributed by atoms with van der Waals surface area (Å²) in [5, 5.41) is 0.467. The maximum absolute atomic E-state index is 13.6. The number of nitrogen functional groups attached to an aromatic ring is 1. The van der Waals surface area contributed by atoms with Crippen molar-refractivity contribution in [3.63, 3.8) is 0 Å². The van der Waals surface area contributed by atoms with Crippen LogP contribution in [0.1, 0.15) is 24.8 Å². The van der Waals surface area contributed by atoms with Crippen molar-refractivity contribution in [3.8, 4) is 11.3 Å². The minimum atomic E-state index is -4.49. The molecule has 3 aromatic heterocycles. The number of alkyl halides is 3. The van der Waals surface area contributed by atoms with E-state index in [2.05, 4.69) is 9.97 Å². The standard InChI is InChI=1S/C17H14F3N3S2/c18-17(19,20)11-7-12(9-3-2-6-22-8-9)23-15-13(11)14(21)16(25-15)24-10-4-1-5-10/h2-3,6-8,10H,1,4-5,21H2. The van der Waals surface area contributed by atoms with E-state index in [9.17, 15) is 13.2 Å². The molecule has 3 heterocycles. The van der Waals surface area contributed by atoms with Crippen LogP contribution < -0.4 is 5.73 Å². The fourth-order valence-electron chi connectivity index (χ4n) is 2.71. The van der Waals surface area contributed by atoms with Crippen molar-refractivity contribution in [1.29, 1.82) is 0 Å². The minimum Gasteiger partial charge on any atom is -0.397 e. The van der Waals surface area contributed by atoms with Gasteiger partial charge in [0, 0.05) is 28.6 Å². The second kappa shape index (κ2) is 6.17. The summed E-state index contributed by atoms with van der Waals surface area (Å²) in [6, 6.07) is 4.44. The number of thioether (sulfide) groups is 1. The highest BCUT2D eigenvalue weighted by atomic mass is 32.2. The molecular formula is C17H14F3N3S2. The second-order valence-corrected chi connectivity index (χ2v) is 8.52. The molecule has 0 atom stereocenters. The average molecular weight is 381 g/mol. The molecule has 0 unspecified atom stereocenters. The van der Waals surface area contributed by atoms with Crippen LogP contribution in [0, 0.1) is 0 Å². The summed E-state index contributed by atoms with van der Waals surface area (Å²) in [6.45, 7) is 0. The third kappa shape index (κ3) is 3.08. The van der Waals surface area contributed by atoms with Crippen LogP contribution in [0.5, 0.6) is 0 Å². The fourth-order valence-corrected chi connectivity index (χ4v) is 5.51. The van der Waals surface area contributed by atoms with Gasteiger partial charge in [-0.1, -0.05) is 6.42 Å². The number of halogens is 3. The molecule has 0 spiro atoms. The molecule has 0 aromatic carbocycles. The molecule has 3 nitrogen and oxygen atoms in total. The fraction of sp³-hybridized carbons (Fsp3) is 0.294. The Kier molecular flexibility index (Phi) is 4.11. The van der Waals surface area contributed by atoms with Crippen LogP contribution in [-0.4, -0.2) is 15.2 Å². The zero-order valence-corrected chi connectivity index (χ0v) is 14.6. The molecule has 4 rings (SSSR count). The SMILES string of the molecule is Nc1c(SC2CCC2)sc2nc(-c3cccnc3)cc(C(F)(F)F)c12. The highest BCUT2D eigenvalue weighted by Crippen LogP contribution is 2.49. The Hall–Kier alpha value is -1.80. The van der Waals surface area contributed by atoms with Crippen LogP contribution in [-0.2, 0) is 6.18 Å². The normalized spacial score (nSPS) is 15.5. The van der Waals surface area contributed by atoms with Gasteiger partial charge in [-0.05, 0) is 31.0 Å². The van der Waals surface area contributed by atoms with Gasteiger partial charge in [0.15, 0.2) is 0 Å². The van der Waals surface area contributed by atoms with Crippen molar-refractivity contribution in [2.75, 3.05) is 5.73 Å². The summed E-state index contributed by atoms with van der Waals surface area (Å²) in [6.07, 6.45) is 1.92. The number of anilines is 1. The van der Waals surface area contributed by atoms with Crippen molar-refractivity contribution in [2.24, 2.45) is 0 Å². The molecule has 8 heteroatoms. The van der Waals surface area contributed by atoms with E-state index in [1.54, 1.807) is 30.1 Å². The molecule has 3 aromatic rings. The molecule has 1 aliphatic carbocycles. The molecule has 25 heavy (non-hydrogen) atoms. The Balaban J connectivity index is 1.90. The van der Waals surface area contributed by atoms with E-state index in [4.69, 9.17) is 5.73 Å². The molecule has 130 valence electrons. The molecule has 0 bridgehead atoms. The lowest BCUT2D eigenvalue weighted by Gasteiger charge is -2.23. The van der Waals surface area contributed by atoms with Gasteiger partial charge in [-0.2, -0.15) is 13.2 Å². The largest absolute Gasteiger partial charge is 0.417 e. The Morgan fingerprint density at radius 1 is 1.28 bits per heavy atom. The molecule has 0 radical (unpaired) electrons. The highest BCUT2D eigenvalue weighted by Gasteiger charge is 2.36. The van der Waals surface area contributed by atoms with Crippen molar-refractivity contribution in [3.05, 3.63) is 36.2 Å². The monoisotopic (exact) mass is 381 g/mol. The van der Waals surface area contributed by atoms with E-state index >= 15 is 0 Å². The Morgan fingerprint density at radius 2 is 2.08 bits per heavy atom. The topological polar surface area (TPSA) is 51.8 Å². The number of pyridine rings is 2. The Morgan fingerprint density at radius 3 is 2.68 bits per heavy atom. The van der Waals surface area contributed by atoms with Crippen LogP contribution in [0.3, 0.4) is 0 Å². The molecular weight excluding hydrogens is 367 g/mol. The first kappa shape index (κ1) is 16.7. The second-order valence-electron chi connectivity index (χ2n) is 5.95. The van der Waals surface area contributed by atoms with Gasteiger partial charge in [-0.15, -0.1) is 23.1 Å². The maximum atomic E-state index is 13.6. The van der Waals surface area contributed by atoms with Crippen LogP contribution in [0.25, 0.3) is 21.5 Å². The van der Waals surface area contributed by atoms with Crippen molar-refractivity contribution in [1.82, 2.24) is 9.97 Å². The van der Waals surface area contributed by atoms with E-state index in [0.717, 1.165) is 23.1 Å². The van der Waals surface area contributed by atoms with Gasteiger partial charge in [-0.25, -0.2) is 4.98 Å². The summed E-state index contributed by atoms with van der Waals surface area (Å²) in [5.74, 6) is 0. The summed E-state index contributed by atoms with van der Waals surface area (Å²) in [7, 11) is 0. The predicted molar refractivity (Wildman–Crippen MR) is 95.8 cm³/mol. The van der Waals surface area contributed by atoms with Crippen molar-refractivity contribution >= 4 is 39.0 Å². The van der Waals surface area contributed by atoms with E-state index < -0.39 is 11.7 Å². The van der Waals surface area contributed by atoms with E-state index in [1.165, 1.54) is 24.0 Å².